The summed E-state index contributed by atoms with van der Waals surface area (Å²) in [7, 11) is 2.20. The Morgan fingerprint density at radius 3 is 2.81 bits per heavy atom. The molecule has 2 aromatic rings. The molecule has 1 atom stereocenters. The summed E-state index contributed by atoms with van der Waals surface area (Å²) in [6.07, 6.45) is 4.13. The molecule has 1 aromatic carbocycles. The molecule has 21 heavy (non-hydrogen) atoms. The molecule has 0 radical (unpaired) electrons. The minimum Gasteiger partial charge on any atom is -0.382 e. The van der Waals surface area contributed by atoms with Crippen molar-refractivity contribution in [2.24, 2.45) is 5.92 Å². The molecule has 1 unspecified atom stereocenters. The number of nitrogens with one attached hydrogen (secondary N) is 1. The van der Waals surface area contributed by atoms with Gasteiger partial charge in [0.25, 0.3) is 0 Å². The summed E-state index contributed by atoms with van der Waals surface area (Å²) >= 11 is 0. The van der Waals surface area contributed by atoms with Gasteiger partial charge in [0.15, 0.2) is 0 Å². The van der Waals surface area contributed by atoms with E-state index in [1.807, 2.05) is 12.1 Å². The van der Waals surface area contributed by atoms with Gasteiger partial charge in [0.2, 0.25) is 0 Å². The molecule has 1 N–H and O–H groups in total. The zero-order valence-corrected chi connectivity index (χ0v) is 12.6. The largest absolute Gasteiger partial charge is 0.382 e. The molecular weight excluding hydrogens is 264 g/mol. The summed E-state index contributed by atoms with van der Waals surface area (Å²) in [4.78, 5) is 2.40. The molecule has 0 amide bonds. The lowest BCUT2D eigenvalue weighted by atomic mass is 9.90. The van der Waals surface area contributed by atoms with Crippen LogP contribution in [0.15, 0.2) is 30.6 Å². The first-order valence-corrected chi connectivity index (χ1v) is 7.51. The van der Waals surface area contributed by atoms with Crippen LogP contribution in [0.3, 0.4) is 0 Å². The van der Waals surface area contributed by atoms with Gasteiger partial charge in [0.1, 0.15) is 6.33 Å². The molecule has 1 saturated heterocycles. The van der Waals surface area contributed by atoms with E-state index >= 15 is 0 Å². The molecule has 112 valence electrons. The molecule has 3 rings (SSSR count). The molecular formula is C15H22N6. The quantitative estimate of drug-likeness (QED) is 0.929. The smallest absolute Gasteiger partial charge is 0.143 e. The molecule has 6 nitrogen and oxygen atoms in total. The first-order chi connectivity index (χ1) is 10.2. The van der Waals surface area contributed by atoms with Gasteiger partial charge < -0.3 is 10.2 Å². The number of tetrazole rings is 1. The topological polar surface area (TPSA) is 58.9 Å². The van der Waals surface area contributed by atoms with E-state index in [0.717, 1.165) is 17.3 Å². The third-order valence-electron chi connectivity index (χ3n) is 4.32. The maximum atomic E-state index is 3.93. The zero-order valence-electron chi connectivity index (χ0n) is 12.6. The fourth-order valence-electron chi connectivity index (χ4n) is 2.93. The van der Waals surface area contributed by atoms with Crippen LogP contribution >= 0.6 is 0 Å². The lowest BCUT2D eigenvalue weighted by Crippen LogP contribution is -2.37. The van der Waals surface area contributed by atoms with Crippen molar-refractivity contribution in [1.82, 2.24) is 25.1 Å². The highest BCUT2D eigenvalue weighted by molar-refractivity contribution is 5.51. The van der Waals surface area contributed by atoms with Crippen molar-refractivity contribution in [3.8, 4) is 5.69 Å². The van der Waals surface area contributed by atoms with Gasteiger partial charge in [-0.3, -0.25) is 0 Å². The minimum absolute atomic E-state index is 0.475. The van der Waals surface area contributed by atoms with E-state index in [4.69, 9.17) is 0 Å². The highest BCUT2D eigenvalue weighted by Crippen LogP contribution is 2.23. The second-order valence-electron chi connectivity index (χ2n) is 5.88. The van der Waals surface area contributed by atoms with Crippen LogP contribution in [0.25, 0.3) is 5.69 Å². The monoisotopic (exact) mass is 286 g/mol. The van der Waals surface area contributed by atoms with Gasteiger partial charge in [-0.2, -0.15) is 0 Å². The summed E-state index contributed by atoms with van der Waals surface area (Å²) in [6, 6.07) is 8.69. The van der Waals surface area contributed by atoms with Crippen LogP contribution in [-0.4, -0.2) is 51.3 Å². The Morgan fingerprint density at radius 2 is 2.10 bits per heavy atom. The molecule has 0 bridgehead atoms. The average molecular weight is 286 g/mol. The molecule has 1 aliphatic rings. The number of hydrogen-bond acceptors (Lipinski definition) is 5. The van der Waals surface area contributed by atoms with Crippen LogP contribution in [0.2, 0.25) is 0 Å². The van der Waals surface area contributed by atoms with E-state index in [9.17, 15) is 0 Å². The SMILES string of the molecule is CC(Nc1cccc(-n2cnnn2)c1)C1CCN(C)CC1. The molecule has 0 spiro atoms. The molecule has 0 saturated carbocycles. The molecule has 1 aromatic heterocycles. The van der Waals surface area contributed by atoms with Crippen LogP contribution in [0, 0.1) is 5.92 Å². The Labute approximate surface area is 125 Å². The van der Waals surface area contributed by atoms with Crippen LogP contribution < -0.4 is 5.32 Å². The van der Waals surface area contributed by atoms with Crippen molar-refractivity contribution in [1.29, 1.82) is 0 Å². The molecule has 0 aliphatic carbocycles. The maximum Gasteiger partial charge on any atom is 0.143 e. The number of benzene rings is 1. The summed E-state index contributed by atoms with van der Waals surface area (Å²) in [5.41, 5.74) is 2.09. The van der Waals surface area contributed by atoms with Gasteiger partial charge in [0, 0.05) is 11.7 Å². The van der Waals surface area contributed by atoms with Gasteiger partial charge in [-0.1, -0.05) is 6.07 Å². The molecule has 1 aliphatic heterocycles. The fraction of sp³-hybridized carbons (Fsp3) is 0.533. The zero-order chi connectivity index (χ0) is 14.7. The van der Waals surface area contributed by atoms with Gasteiger partial charge >= 0.3 is 0 Å². The normalized spacial score (nSPS) is 18.6. The predicted octanol–water partition coefficient (Wildman–Crippen LogP) is 1.80. The van der Waals surface area contributed by atoms with Crippen molar-refractivity contribution in [2.75, 3.05) is 25.5 Å². The average Bonchev–Trinajstić information content (AvgIpc) is 3.02. The second kappa shape index (κ2) is 6.22. The number of rotatable bonds is 4. The third-order valence-corrected chi connectivity index (χ3v) is 4.32. The first kappa shape index (κ1) is 14.0. The van der Waals surface area contributed by atoms with Crippen molar-refractivity contribution >= 4 is 5.69 Å². The number of anilines is 1. The van der Waals surface area contributed by atoms with Gasteiger partial charge in [-0.05, 0) is 74.4 Å². The van der Waals surface area contributed by atoms with Crippen LogP contribution in [-0.2, 0) is 0 Å². The number of hydrogen-bond donors (Lipinski definition) is 1. The van der Waals surface area contributed by atoms with Crippen LogP contribution in [0.5, 0.6) is 0 Å². The molecule has 6 heteroatoms. The van der Waals surface area contributed by atoms with Crippen molar-refractivity contribution in [3.05, 3.63) is 30.6 Å². The third kappa shape index (κ3) is 3.39. The molecule has 2 heterocycles. The number of nitrogens with zero attached hydrogens (tertiary/aromatic N) is 5. The van der Waals surface area contributed by atoms with Crippen molar-refractivity contribution in [2.45, 2.75) is 25.8 Å². The number of aromatic nitrogens is 4. The van der Waals surface area contributed by atoms with Gasteiger partial charge in [0.05, 0.1) is 5.69 Å². The fourth-order valence-corrected chi connectivity index (χ4v) is 2.93. The lowest BCUT2D eigenvalue weighted by Gasteiger charge is -2.33. The van der Waals surface area contributed by atoms with E-state index < -0.39 is 0 Å². The highest BCUT2D eigenvalue weighted by atomic mass is 15.5. The van der Waals surface area contributed by atoms with E-state index in [1.54, 1.807) is 11.0 Å². The van der Waals surface area contributed by atoms with E-state index in [-0.39, 0.29) is 0 Å². The van der Waals surface area contributed by atoms with Crippen LogP contribution in [0.1, 0.15) is 19.8 Å². The summed E-state index contributed by atoms with van der Waals surface area (Å²) in [5.74, 6) is 0.734. The van der Waals surface area contributed by atoms with Crippen LogP contribution in [0.4, 0.5) is 5.69 Å². The van der Waals surface area contributed by atoms with Gasteiger partial charge in [-0.15, -0.1) is 5.10 Å². The van der Waals surface area contributed by atoms with Gasteiger partial charge in [-0.25, -0.2) is 4.68 Å². The summed E-state index contributed by atoms with van der Waals surface area (Å²) < 4.78 is 1.67. The number of likely N-dealkylation sites (tertiary alicyclic amines) is 1. The first-order valence-electron chi connectivity index (χ1n) is 7.51. The Hall–Kier alpha value is -1.95. The summed E-state index contributed by atoms with van der Waals surface area (Å²) in [5, 5.41) is 14.9. The second-order valence-corrected chi connectivity index (χ2v) is 5.88. The summed E-state index contributed by atoms with van der Waals surface area (Å²) in [6.45, 7) is 4.67. The maximum absolute atomic E-state index is 3.93. The Bertz CT molecular complexity index is 559. The molecule has 1 fully saturated rings. The van der Waals surface area contributed by atoms with E-state index in [2.05, 4.69) is 51.8 Å². The Morgan fingerprint density at radius 1 is 1.29 bits per heavy atom. The Balaban J connectivity index is 1.66. The Kier molecular flexibility index (Phi) is 4.15. The standard InChI is InChI=1S/C15H22N6/c1-12(13-6-8-20(2)9-7-13)17-14-4-3-5-15(10-14)21-11-16-18-19-21/h3-5,10-13,17H,6-9H2,1-2H3. The van der Waals surface area contributed by atoms with E-state index in [0.29, 0.717) is 6.04 Å². The van der Waals surface area contributed by atoms with Crippen molar-refractivity contribution in [3.63, 3.8) is 0 Å². The highest BCUT2D eigenvalue weighted by Gasteiger charge is 2.22. The predicted molar refractivity (Wildman–Crippen MR) is 82.5 cm³/mol. The number of piperidine rings is 1. The van der Waals surface area contributed by atoms with Crippen molar-refractivity contribution < 1.29 is 0 Å². The minimum atomic E-state index is 0.475. The lowest BCUT2D eigenvalue weighted by molar-refractivity contribution is 0.208. The van der Waals surface area contributed by atoms with E-state index in [1.165, 1.54) is 25.9 Å².